The van der Waals surface area contributed by atoms with Gasteiger partial charge in [-0.05, 0) is 47.9 Å². The Balaban J connectivity index is 2.09. The Hall–Kier alpha value is -3.57. The van der Waals surface area contributed by atoms with Crippen molar-refractivity contribution in [1.29, 1.82) is 0 Å². The highest BCUT2D eigenvalue weighted by Gasteiger charge is 2.49. The van der Waals surface area contributed by atoms with Gasteiger partial charge >= 0.3 is 5.97 Å². The van der Waals surface area contributed by atoms with Crippen LogP contribution in [0.2, 0.25) is 0 Å². The molecule has 1 aliphatic rings. The number of methoxy groups -OCH3 is 2. The highest BCUT2D eigenvalue weighted by molar-refractivity contribution is 6.08. The zero-order valence-corrected chi connectivity index (χ0v) is 17.7. The minimum atomic E-state index is -1.74. The maximum Gasteiger partial charge on any atom is 0.338 e. The molecule has 3 aromatic carbocycles. The monoisotopic (exact) mass is 416 g/mol. The van der Waals surface area contributed by atoms with E-state index in [0.717, 1.165) is 11.1 Å². The average molecular weight is 416 g/mol. The van der Waals surface area contributed by atoms with Gasteiger partial charge in [0.15, 0.2) is 0 Å². The Bertz CT molecular complexity index is 1150. The second-order valence-electron chi connectivity index (χ2n) is 7.19. The molecule has 5 nitrogen and oxygen atoms in total. The van der Waals surface area contributed by atoms with Crippen LogP contribution in [-0.4, -0.2) is 31.9 Å². The highest BCUT2D eigenvalue weighted by atomic mass is 16.5. The summed E-state index contributed by atoms with van der Waals surface area (Å²) in [6.45, 7) is 1.94. The van der Waals surface area contributed by atoms with Crippen molar-refractivity contribution in [1.82, 2.24) is 0 Å². The summed E-state index contributed by atoms with van der Waals surface area (Å²) >= 11 is 0. The third-order valence-corrected chi connectivity index (χ3v) is 5.53. The van der Waals surface area contributed by atoms with Gasteiger partial charge in [0.25, 0.3) is 0 Å². The Morgan fingerprint density at radius 3 is 2.29 bits per heavy atom. The zero-order chi connectivity index (χ0) is 22.0. The number of hydrogen-bond donors (Lipinski definition) is 1. The molecule has 1 unspecified atom stereocenters. The molecule has 31 heavy (non-hydrogen) atoms. The number of rotatable bonds is 6. The molecule has 4 rings (SSSR count). The molecule has 0 bridgehead atoms. The van der Waals surface area contributed by atoms with Gasteiger partial charge in [-0.15, -0.1) is 0 Å². The lowest BCUT2D eigenvalue weighted by Crippen LogP contribution is -2.32. The molecule has 0 amide bonds. The van der Waals surface area contributed by atoms with Crippen molar-refractivity contribution in [3.05, 3.63) is 101 Å². The summed E-state index contributed by atoms with van der Waals surface area (Å²) in [4.78, 5) is 13.3. The summed E-state index contributed by atoms with van der Waals surface area (Å²) in [5.74, 6) is 0.589. The minimum Gasteiger partial charge on any atom is -0.497 e. The summed E-state index contributed by atoms with van der Waals surface area (Å²) in [5, 5.41) is 12.3. The van der Waals surface area contributed by atoms with Gasteiger partial charge in [0.1, 0.15) is 17.1 Å². The maximum absolute atomic E-state index is 13.3. The number of aliphatic hydroxyl groups is 1. The quantitative estimate of drug-likeness (QED) is 0.607. The largest absolute Gasteiger partial charge is 0.497 e. The molecule has 158 valence electrons. The van der Waals surface area contributed by atoms with Crippen LogP contribution in [0.15, 0.2) is 78.4 Å². The molecule has 0 saturated carbocycles. The third-order valence-electron chi connectivity index (χ3n) is 5.53. The lowest BCUT2D eigenvalue weighted by Gasteiger charge is -2.28. The maximum atomic E-state index is 13.3. The second-order valence-corrected chi connectivity index (χ2v) is 7.19. The van der Waals surface area contributed by atoms with Crippen molar-refractivity contribution in [3.8, 4) is 11.5 Å². The fraction of sp³-hybridized carbons (Fsp3) is 0.192. The van der Waals surface area contributed by atoms with Crippen molar-refractivity contribution in [2.45, 2.75) is 12.5 Å². The summed E-state index contributed by atoms with van der Waals surface area (Å²) in [5.41, 5.74) is 1.71. The number of carbonyl (C=O) groups is 1. The van der Waals surface area contributed by atoms with E-state index in [9.17, 15) is 9.90 Å². The summed E-state index contributed by atoms with van der Waals surface area (Å²) in [6, 6.07) is 22.1. The van der Waals surface area contributed by atoms with Crippen molar-refractivity contribution in [2.75, 3.05) is 20.8 Å². The standard InChI is InChI=1S/C26H24O5/c1-4-31-25(27)24-23(17-9-6-5-7-10-17)21-14-13-20(30-3)16-22(21)26(24,28)18-11-8-12-19(15-18)29-2/h5-16,28H,4H2,1-3H3. The molecule has 0 heterocycles. The van der Waals surface area contributed by atoms with Gasteiger partial charge in [-0.1, -0.05) is 48.5 Å². The van der Waals surface area contributed by atoms with E-state index in [2.05, 4.69) is 0 Å². The Morgan fingerprint density at radius 2 is 1.61 bits per heavy atom. The van der Waals surface area contributed by atoms with Crippen LogP contribution in [0.5, 0.6) is 11.5 Å². The van der Waals surface area contributed by atoms with Gasteiger partial charge in [0.2, 0.25) is 0 Å². The van der Waals surface area contributed by atoms with E-state index < -0.39 is 11.6 Å². The number of carbonyl (C=O) groups excluding carboxylic acids is 1. The fourth-order valence-corrected chi connectivity index (χ4v) is 4.12. The lowest BCUT2D eigenvalue weighted by atomic mass is 9.82. The number of benzene rings is 3. The van der Waals surface area contributed by atoms with E-state index in [1.54, 1.807) is 51.5 Å². The zero-order valence-electron chi connectivity index (χ0n) is 17.7. The molecule has 0 fully saturated rings. The Labute approximate surface area is 181 Å². The summed E-state index contributed by atoms with van der Waals surface area (Å²) in [7, 11) is 3.13. The van der Waals surface area contributed by atoms with Crippen LogP contribution in [-0.2, 0) is 15.1 Å². The van der Waals surface area contributed by atoms with Crippen LogP contribution >= 0.6 is 0 Å². The molecule has 0 radical (unpaired) electrons. The van der Waals surface area contributed by atoms with Gasteiger partial charge in [-0.3, -0.25) is 0 Å². The van der Waals surface area contributed by atoms with E-state index >= 15 is 0 Å². The topological polar surface area (TPSA) is 65.0 Å². The predicted molar refractivity (Wildman–Crippen MR) is 118 cm³/mol. The summed E-state index contributed by atoms with van der Waals surface area (Å²) in [6.07, 6.45) is 0. The highest BCUT2D eigenvalue weighted by Crippen LogP contribution is 2.52. The van der Waals surface area contributed by atoms with E-state index in [0.29, 0.717) is 28.2 Å². The van der Waals surface area contributed by atoms with Gasteiger partial charge in [-0.2, -0.15) is 0 Å². The molecule has 0 saturated heterocycles. The fourth-order valence-electron chi connectivity index (χ4n) is 4.12. The molecule has 0 aromatic heterocycles. The Kier molecular flexibility index (Phi) is 5.53. The number of esters is 1. The average Bonchev–Trinajstić information content (AvgIpc) is 3.09. The molecule has 3 aromatic rings. The van der Waals surface area contributed by atoms with Crippen LogP contribution in [0.1, 0.15) is 29.2 Å². The van der Waals surface area contributed by atoms with Crippen molar-refractivity contribution < 1.29 is 24.1 Å². The normalized spacial score (nSPS) is 17.3. The van der Waals surface area contributed by atoms with Crippen LogP contribution in [0.25, 0.3) is 5.57 Å². The first-order valence-corrected chi connectivity index (χ1v) is 10.1. The Morgan fingerprint density at radius 1 is 0.903 bits per heavy atom. The number of hydrogen-bond acceptors (Lipinski definition) is 5. The number of fused-ring (bicyclic) bond motifs is 1. The van der Waals surface area contributed by atoms with Gasteiger partial charge in [0.05, 0.1) is 26.4 Å². The first kappa shape index (κ1) is 20.7. The molecule has 1 atom stereocenters. The van der Waals surface area contributed by atoms with Crippen LogP contribution < -0.4 is 9.47 Å². The molecule has 1 aliphatic carbocycles. The molecule has 1 N–H and O–H groups in total. The van der Waals surface area contributed by atoms with Gasteiger partial charge < -0.3 is 19.3 Å². The molecule has 5 heteroatoms. The van der Waals surface area contributed by atoms with Crippen LogP contribution in [0.4, 0.5) is 0 Å². The third kappa shape index (κ3) is 3.37. The van der Waals surface area contributed by atoms with E-state index in [-0.39, 0.29) is 12.2 Å². The lowest BCUT2D eigenvalue weighted by molar-refractivity contribution is -0.140. The SMILES string of the molecule is CCOC(=O)C1=C(c2ccccc2)c2ccc(OC)cc2C1(O)c1cccc(OC)c1. The van der Waals surface area contributed by atoms with E-state index in [4.69, 9.17) is 14.2 Å². The van der Waals surface area contributed by atoms with Crippen LogP contribution in [0.3, 0.4) is 0 Å². The van der Waals surface area contributed by atoms with Crippen molar-refractivity contribution >= 4 is 11.5 Å². The molecule has 0 spiro atoms. The number of ether oxygens (including phenoxy) is 3. The van der Waals surface area contributed by atoms with Gasteiger partial charge in [0, 0.05) is 11.1 Å². The summed E-state index contributed by atoms with van der Waals surface area (Å²) < 4.78 is 16.2. The second kappa shape index (κ2) is 8.28. The van der Waals surface area contributed by atoms with Crippen molar-refractivity contribution in [3.63, 3.8) is 0 Å². The first-order valence-electron chi connectivity index (χ1n) is 10.1. The minimum absolute atomic E-state index is 0.178. The van der Waals surface area contributed by atoms with E-state index in [1.165, 1.54) is 0 Å². The predicted octanol–water partition coefficient (Wildman–Crippen LogP) is 4.32. The first-order chi connectivity index (χ1) is 15.0. The van der Waals surface area contributed by atoms with Crippen molar-refractivity contribution in [2.24, 2.45) is 0 Å². The molecular formula is C26H24O5. The molecular weight excluding hydrogens is 392 g/mol. The van der Waals surface area contributed by atoms with Crippen LogP contribution in [0, 0.1) is 0 Å². The smallest absolute Gasteiger partial charge is 0.338 e. The molecule has 0 aliphatic heterocycles. The van der Waals surface area contributed by atoms with E-state index in [1.807, 2.05) is 42.5 Å². The van der Waals surface area contributed by atoms with Gasteiger partial charge in [-0.25, -0.2) is 4.79 Å².